The minimum absolute atomic E-state index is 0.113. The Morgan fingerprint density at radius 3 is 2.92 bits per heavy atom. The zero-order valence-electron chi connectivity index (χ0n) is 13.4. The Hall–Kier alpha value is -2.13. The Kier molecular flexibility index (Phi) is 4.96. The second kappa shape index (κ2) is 7.01. The number of carbonyl (C=O) groups excluding carboxylic acids is 2. The fourth-order valence-corrected chi connectivity index (χ4v) is 4.54. The minimum atomic E-state index is -1.06. The Bertz CT molecular complexity index is 704. The van der Waals surface area contributed by atoms with E-state index in [-0.39, 0.29) is 42.8 Å². The van der Waals surface area contributed by atoms with E-state index in [4.69, 9.17) is 4.74 Å². The largest absolute Gasteiger partial charge is 0.491 e. The lowest BCUT2D eigenvalue weighted by molar-refractivity contribution is -0.384. The average Bonchev–Trinajstić information content (AvgIpc) is 3.14. The van der Waals surface area contributed by atoms with Crippen molar-refractivity contribution in [3.8, 4) is 5.75 Å². The highest BCUT2D eigenvalue weighted by Crippen LogP contribution is 2.44. The van der Waals surface area contributed by atoms with E-state index in [0.717, 1.165) is 10.7 Å². The normalized spacial score (nSPS) is 24.1. The molecule has 2 aliphatic rings. The summed E-state index contributed by atoms with van der Waals surface area (Å²) in [4.78, 5) is 36.0. The van der Waals surface area contributed by atoms with Crippen molar-refractivity contribution in [2.45, 2.75) is 18.9 Å². The lowest BCUT2D eigenvalue weighted by Crippen LogP contribution is -2.41. The summed E-state index contributed by atoms with van der Waals surface area (Å²) in [7, 11) is 0. The summed E-state index contributed by atoms with van der Waals surface area (Å²) in [5.41, 5.74) is -0.708. The van der Waals surface area contributed by atoms with Crippen molar-refractivity contribution in [2.75, 3.05) is 24.7 Å². The molecule has 0 bridgehead atoms. The van der Waals surface area contributed by atoms with Gasteiger partial charge in [0.1, 0.15) is 18.5 Å². The van der Waals surface area contributed by atoms with Crippen molar-refractivity contribution in [3.05, 3.63) is 34.4 Å². The molecule has 0 saturated carbocycles. The SMILES string of the molecule is O=C1C[C@]2(CCSC2)C(=O)N1C[C@H](O)COc1cccc([N+](=O)[O-])c1. The summed E-state index contributed by atoms with van der Waals surface area (Å²) in [5.74, 6) is 1.29. The van der Waals surface area contributed by atoms with Crippen LogP contribution in [-0.2, 0) is 9.59 Å². The van der Waals surface area contributed by atoms with Crippen LogP contribution in [0.25, 0.3) is 0 Å². The van der Waals surface area contributed by atoms with E-state index in [1.807, 2.05) is 0 Å². The predicted molar refractivity (Wildman–Crippen MR) is 90.3 cm³/mol. The number of thioether (sulfide) groups is 1. The highest BCUT2D eigenvalue weighted by Gasteiger charge is 2.53. The Morgan fingerprint density at radius 2 is 2.24 bits per heavy atom. The number of aliphatic hydroxyl groups excluding tert-OH is 1. The first-order valence-corrected chi connectivity index (χ1v) is 9.05. The summed E-state index contributed by atoms with van der Waals surface area (Å²) in [6, 6.07) is 5.61. The Balaban J connectivity index is 1.57. The highest BCUT2D eigenvalue weighted by atomic mass is 32.2. The molecule has 0 unspecified atom stereocenters. The zero-order valence-corrected chi connectivity index (χ0v) is 14.2. The summed E-state index contributed by atoms with van der Waals surface area (Å²) < 4.78 is 5.35. The van der Waals surface area contributed by atoms with Crippen molar-refractivity contribution >= 4 is 29.3 Å². The number of rotatable bonds is 6. The van der Waals surface area contributed by atoms with Crippen molar-refractivity contribution in [3.63, 3.8) is 0 Å². The smallest absolute Gasteiger partial charge is 0.273 e. The van der Waals surface area contributed by atoms with Crippen LogP contribution in [0.15, 0.2) is 24.3 Å². The number of hydrogen-bond donors (Lipinski definition) is 1. The molecule has 1 aromatic rings. The molecule has 2 aliphatic heterocycles. The molecule has 1 N–H and O–H groups in total. The number of non-ortho nitro benzene ring substituents is 1. The van der Waals surface area contributed by atoms with Gasteiger partial charge in [0.25, 0.3) is 5.69 Å². The first kappa shape index (κ1) is 17.7. The second-order valence-corrected chi connectivity index (χ2v) is 7.39. The van der Waals surface area contributed by atoms with Crippen LogP contribution in [0.2, 0.25) is 0 Å². The minimum Gasteiger partial charge on any atom is -0.491 e. The van der Waals surface area contributed by atoms with Gasteiger partial charge < -0.3 is 9.84 Å². The van der Waals surface area contributed by atoms with Gasteiger partial charge in [-0.2, -0.15) is 11.8 Å². The summed E-state index contributed by atoms with van der Waals surface area (Å²) in [5, 5.41) is 20.8. The van der Waals surface area contributed by atoms with Gasteiger partial charge in [0.2, 0.25) is 11.8 Å². The number of nitro benzene ring substituents is 1. The molecular formula is C16H18N2O6S. The van der Waals surface area contributed by atoms with Crippen molar-refractivity contribution in [2.24, 2.45) is 5.41 Å². The lowest BCUT2D eigenvalue weighted by Gasteiger charge is -2.22. The molecule has 2 atom stereocenters. The molecule has 3 rings (SSSR count). The van der Waals surface area contributed by atoms with Crippen LogP contribution in [0.3, 0.4) is 0 Å². The third-order valence-electron chi connectivity index (χ3n) is 4.46. The average molecular weight is 366 g/mol. The fourth-order valence-electron chi connectivity index (χ4n) is 3.10. The van der Waals surface area contributed by atoms with Gasteiger partial charge in [0.15, 0.2) is 0 Å². The Labute approximate surface area is 148 Å². The molecule has 134 valence electrons. The van der Waals surface area contributed by atoms with Crippen LogP contribution in [0.1, 0.15) is 12.8 Å². The zero-order chi connectivity index (χ0) is 18.0. The highest BCUT2D eigenvalue weighted by molar-refractivity contribution is 7.99. The van der Waals surface area contributed by atoms with Crippen LogP contribution >= 0.6 is 11.8 Å². The number of nitro groups is 1. The second-order valence-electron chi connectivity index (χ2n) is 6.29. The van der Waals surface area contributed by atoms with Gasteiger partial charge in [0.05, 0.1) is 22.9 Å². The molecule has 2 heterocycles. The van der Waals surface area contributed by atoms with Gasteiger partial charge in [0, 0.05) is 18.2 Å². The molecule has 8 nitrogen and oxygen atoms in total. The molecule has 2 fully saturated rings. The van der Waals surface area contributed by atoms with E-state index in [2.05, 4.69) is 0 Å². The van der Waals surface area contributed by atoms with Crippen LogP contribution in [0.4, 0.5) is 5.69 Å². The molecule has 0 radical (unpaired) electrons. The van der Waals surface area contributed by atoms with Gasteiger partial charge in [-0.15, -0.1) is 0 Å². The quantitative estimate of drug-likeness (QED) is 0.458. The van der Waals surface area contributed by atoms with E-state index in [9.17, 15) is 24.8 Å². The van der Waals surface area contributed by atoms with E-state index in [1.54, 1.807) is 11.8 Å². The van der Waals surface area contributed by atoms with Gasteiger partial charge in [-0.25, -0.2) is 0 Å². The van der Waals surface area contributed by atoms with Gasteiger partial charge in [-0.1, -0.05) is 6.07 Å². The van der Waals surface area contributed by atoms with Crippen molar-refractivity contribution in [1.82, 2.24) is 4.90 Å². The van der Waals surface area contributed by atoms with Gasteiger partial charge >= 0.3 is 0 Å². The van der Waals surface area contributed by atoms with Crippen LogP contribution < -0.4 is 4.74 Å². The molecule has 9 heteroatoms. The Morgan fingerprint density at radius 1 is 1.44 bits per heavy atom. The summed E-state index contributed by atoms with van der Waals surface area (Å²) >= 11 is 1.67. The molecule has 1 aromatic carbocycles. The number of ether oxygens (including phenoxy) is 1. The monoisotopic (exact) mass is 366 g/mol. The van der Waals surface area contributed by atoms with Crippen LogP contribution in [0.5, 0.6) is 5.75 Å². The molecule has 25 heavy (non-hydrogen) atoms. The fraction of sp³-hybridized carbons (Fsp3) is 0.500. The maximum atomic E-state index is 12.5. The summed E-state index contributed by atoms with van der Waals surface area (Å²) in [6.45, 7) is -0.293. The maximum Gasteiger partial charge on any atom is 0.273 e. The first-order chi connectivity index (χ1) is 11.9. The maximum absolute atomic E-state index is 12.5. The molecular weight excluding hydrogens is 348 g/mol. The molecule has 2 saturated heterocycles. The van der Waals surface area contributed by atoms with E-state index in [0.29, 0.717) is 12.2 Å². The molecule has 1 spiro atoms. The third kappa shape index (κ3) is 3.62. The number of β-amino-alcohol motifs (C(OH)–C–C–N with tert-alkyl or cyclic N) is 1. The standard InChI is InChI=1S/C16H18N2O6S/c19-12(9-24-13-3-1-2-11(6-13)18(22)23)8-17-14(20)7-16(15(17)21)4-5-25-10-16/h1-3,6,12,19H,4-5,7-10H2/t12-,16-/m0/s1. The first-order valence-electron chi connectivity index (χ1n) is 7.89. The lowest BCUT2D eigenvalue weighted by atomic mass is 9.86. The number of imide groups is 1. The number of carbonyl (C=O) groups is 2. The number of aliphatic hydroxyl groups is 1. The number of benzene rings is 1. The van der Waals surface area contributed by atoms with Crippen LogP contribution in [0, 0.1) is 15.5 Å². The molecule has 0 aliphatic carbocycles. The summed E-state index contributed by atoms with van der Waals surface area (Å²) in [6.07, 6.45) is -0.160. The predicted octanol–water partition coefficient (Wildman–Crippen LogP) is 1.22. The number of nitrogens with zero attached hydrogens (tertiary/aromatic N) is 2. The topological polar surface area (TPSA) is 110 Å². The van der Waals surface area contributed by atoms with E-state index < -0.39 is 16.4 Å². The van der Waals surface area contributed by atoms with E-state index in [1.165, 1.54) is 24.3 Å². The van der Waals surface area contributed by atoms with Crippen molar-refractivity contribution in [1.29, 1.82) is 0 Å². The molecule has 0 aromatic heterocycles. The van der Waals surface area contributed by atoms with E-state index >= 15 is 0 Å². The number of amides is 2. The van der Waals surface area contributed by atoms with Crippen molar-refractivity contribution < 1.29 is 24.4 Å². The number of hydrogen-bond acceptors (Lipinski definition) is 7. The van der Waals surface area contributed by atoms with Gasteiger partial charge in [-0.3, -0.25) is 24.6 Å². The third-order valence-corrected chi connectivity index (χ3v) is 5.71. The van der Waals surface area contributed by atoms with Gasteiger partial charge in [-0.05, 0) is 18.2 Å². The number of likely N-dealkylation sites (tertiary alicyclic amines) is 1. The molecule has 2 amide bonds. The van der Waals surface area contributed by atoms with Crippen LogP contribution in [-0.4, -0.2) is 57.5 Å².